The Morgan fingerprint density at radius 1 is 1.05 bits per heavy atom. The molecule has 0 saturated carbocycles. The van der Waals surface area contributed by atoms with Crippen molar-refractivity contribution in [3.05, 3.63) is 82.5 Å². The summed E-state index contributed by atoms with van der Waals surface area (Å²) in [6, 6.07) is 14.0. The van der Waals surface area contributed by atoms with Gasteiger partial charge in [0.1, 0.15) is 6.04 Å². The zero-order valence-electron chi connectivity index (χ0n) is 25.1. The van der Waals surface area contributed by atoms with E-state index in [1.165, 1.54) is 0 Å². The number of fused-ring (bicyclic) bond motifs is 1. The highest BCUT2D eigenvalue weighted by Gasteiger charge is 2.33. The van der Waals surface area contributed by atoms with E-state index in [4.69, 9.17) is 5.73 Å². The van der Waals surface area contributed by atoms with Crippen molar-refractivity contribution in [1.82, 2.24) is 19.4 Å². The Hall–Kier alpha value is -4.22. The predicted molar refractivity (Wildman–Crippen MR) is 168 cm³/mol. The molecule has 43 heavy (non-hydrogen) atoms. The molecule has 10 nitrogen and oxygen atoms in total. The molecule has 4 N–H and O–H groups in total. The van der Waals surface area contributed by atoms with E-state index >= 15 is 0 Å². The summed E-state index contributed by atoms with van der Waals surface area (Å²) in [7, 11) is -3.71. The van der Waals surface area contributed by atoms with Gasteiger partial charge in [0.2, 0.25) is 15.9 Å². The highest BCUT2D eigenvalue weighted by Crippen LogP contribution is 2.29. The van der Waals surface area contributed by atoms with Gasteiger partial charge in [-0.1, -0.05) is 23.8 Å². The fourth-order valence-corrected chi connectivity index (χ4v) is 7.78. The van der Waals surface area contributed by atoms with Gasteiger partial charge in [-0.2, -0.15) is 5.10 Å². The van der Waals surface area contributed by atoms with Crippen molar-refractivity contribution in [2.45, 2.75) is 64.4 Å². The largest absolute Gasteiger partial charge is 0.383 e. The third-order valence-corrected chi connectivity index (χ3v) is 9.74. The number of carbonyl (C=O) groups is 2. The van der Waals surface area contributed by atoms with Crippen molar-refractivity contribution in [2.75, 3.05) is 18.4 Å². The summed E-state index contributed by atoms with van der Waals surface area (Å²) in [4.78, 5) is 27.0. The molecule has 0 unspecified atom stereocenters. The average molecular weight is 603 g/mol. The minimum absolute atomic E-state index is 0.231. The third kappa shape index (κ3) is 6.14. The van der Waals surface area contributed by atoms with Crippen LogP contribution >= 0.6 is 0 Å². The van der Waals surface area contributed by atoms with Crippen LogP contribution in [0.25, 0.3) is 16.6 Å². The molecular formula is C32H38N6O4S. The van der Waals surface area contributed by atoms with E-state index in [1.807, 2.05) is 65.0 Å². The quantitative estimate of drug-likeness (QED) is 0.263. The van der Waals surface area contributed by atoms with Gasteiger partial charge >= 0.3 is 0 Å². The molecule has 5 rings (SSSR count). The van der Waals surface area contributed by atoms with Crippen LogP contribution in [-0.2, 0) is 14.8 Å². The lowest BCUT2D eigenvalue weighted by atomic mass is 10.1. The van der Waals surface area contributed by atoms with Crippen molar-refractivity contribution < 1.29 is 18.0 Å². The van der Waals surface area contributed by atoms with Gasteiger partial charge in [0.25, 0.3) is 5.91 Å². The van der Waals surface area contributed by atoms with E-state index in [-0.39, 0.29) is 5.91 Å². The molecule has 1 aromatic heterocycles. The van der Waals surface area contributed by atoms with E-state index < -0.39 is 28.0 Å². The number of primary amides is 1. The Kier molecular flexibility index (Phi) is 8.31. The molecular weight excluding hydrogens is 564 g/mol. The summed E-state index contributed by atoms with van der Waals surface area (Å²) in [5.41, 5.74) is 11.8. The normalized spacial score (nSPS) is 16.0. The number of aromatic nitrogens is 2. The Labute approximate surface area is 252 Å². The first kappa shape index (κ1) is 30.2. The maximum absolute atomic E-state index is 13.3. The van der Waals surface area contributed by atoms with E-state index in [1.54, 1.807) is 34.0 Å². The summed E-state index contributed by atoms with van der Waals surface area (Å²) in [6.45, 7) is 10.2. The number of nitrogens with two attached hydrogens (primary N) is 1. The number of amides is 2. The smallest absolute Gasteiger partial charge is 0.254 e. The second-order valence-electron chi connectivity index (χ2n) is 11.5. The van der Waals surface area contributed by atoms with Crippen LogP contribution in [-0.4, -0.2) is 60.1 Å². The van der Waals surface area contributed by atoms with Gasteiger partial charge in [-0.05, 0) is 94.5 Å². The van der Waals surface area contributed by atoms with E-state index in [2.05, 4.69) is 15.1 Å². The van der Waals surface area contributed by atoms with Crippen LogP contribution in [0.1, 0.15) is 52.4 Å². The highest BCUT2D eigenvalue weighted by molar-refractivity contribution is 7.89. The monoisotopic (exact) mass is 602 g/mol. The topological polar surface area (TPSA) is 139 Å². The van der Waals surface area contributed by atoms with Gasteiger partial charge in [-0.3, -0.25) is 9.59 Å². The maximum atomic E-state index is 13.3. The van der Waals surface area contributed by atoms with Crippen LogP contribution in [0.3, 0.4) is 0 Å². The number of likely N-dealkylation sites (tertiary alicyclic amines) is 1. The molecule has 4 aromatic rings. The number of anilines is 1. The number of benzene rings is 3. The number of aryl methyl sites for hydroxylation is 4. The first-order valence-corrected chi connectivity index (χ1v) is 15.9. The molecule has 2 amide bonds. The highest BCUT2D eigenvalue weighted by atomic mass is 32.2. The standard InChI is InChI=1S/C32H38N6O4S/c1-19-12-21(3)30(22(4)13-19)43(41,42)36-23(5)17-34-27-14-20(2)15-29-26(27)18-35-38(29)25-9-6-8-24(16-25)32(40)37-11-7-10-28(37)31(33)39/h6,8-9,12-16,18,23,28,34,36H,7,10-11,17H2,1-5H3,(H2,33,39)/t23-,28-/m0/s1. The third-order valence-electron chi connectivity index (χ3n) is 7.84. The number of nitrogens with one attached hydrogen (secondary N) is 2. The fraction of sp³-hybridized carbons (Fsp3) is 0.344. The zero-order valence-corrected chi connectivity index (χ0v) is 26.0. The lowest BCUT2D eigenvalue weighted by molar-refractivity contribution is -0.121. The summed E-state index contributed by atoms with van der Waals surface area (Å²) in [6.07, 6.45) is 3.07. The van der Waals surface area contributed by atoms with Gasteiger partial charge in [0.15, 0.2) is 0 Å². The fourth-order valence-electron chi connectivity index (χ4n) is 6.08. The van der Waals surface area contributed by atoms with Crippen molar-refractivity contribution in [2.24, 2.45) is 5.73 Å². The molecule has 1 fully saturated rings. The second-order valence-corrected chi connectivity index (χ2v) is 13.2. The Bertz CT molecular complexity index is 1810. The van der Waals surface area contributed by atoms with Crippen LogP contribution in [0.15, 0.2) is 59.6 Å². The number of nitrogens with zero attached hydrogens (tertiary/aromatic N) is 3. The molecule has 0 aliphatic carbocycles. The Balaban J connectivity index is 1.36. The van der Waals surface area contributed by atoms with Gasteiger partial charge in [0.05, 0.1) is 22.3 Å². The summed E-state index contributed by atoms with van der Waals surface area (Å²) in [5.74, 6) is -0.719. The number of carbonyl (C=O) groups excluding carboxylic acids is 2. The Morgan fingerprint density at radius 2 is 1.74 bits per heavy atom. The lowest BCUT2D eigenvalue weighted by Crippen LogP contribution is -2.43. The number of rotatable bonds is 9. The first-order valence-electron chi connectivity index (χ1n) is 14.4. The molecule has 0 radical (unpaired) electrons. The van der Waals surface area contributed by atoms with Crippen LogP contribution < -0.4 is 15.8 Å². The maximum Gasteiger partial charge on any atom is 0.254 e. The molecule has 1 aliphatic rings. The SMILES string of the molecule is Cc1cc(C)c(S(=O)(=O)N[C@@H](C)CNc2cc(C)cc3c2cnn3-c2cccc(C(=O)N3CCC[C@H]3C(N)=O)c2)c(C)c1. The van der Waals surface area contributed by atoms with Crippen molar-refractivity contribution >= 4 is 38.4 Å². The molecule has 226 valence electrons. The van der Waals surface area contributed by atoms with Crippen molar-refractivity contribution in [3.8, 4) is 5.69 Å². The van der Waals surface area contributed by atoms with E-state index in [9.17, 15) is 18.0 Å². The van der Waals surface area contributed by atoms with E-state index in [0.717, 1.165) is 45.3 Å². The summed E-state index contributed by atoms with van der Waals surface area (Å²) >= 11 is 0. The minimum Gasteiger partial charge on any atom is -0.383 e. The lowest BCUT2D eigenvalue weighted by Gasteiger charge is -2.22. The van der Waals surface area contributed by atoms with Crippen molar-refractivity contribution in [3.63, 3.8) is 0 Å². The minimum atomic E-state index is -3.71. The second kappa shape index (κ2) is 11.8. The van der Waals surface area contributed by atoms with Crippen LogP contribution in [0.4, 0.5) is 5.69 Å². The predicted octanol–water partition coefficient (Wildman–Crippen LogP) is 4.13. The zero-order chi connectivity index (χ0) is 31.1. The van der Waals surface area contributed by atoms with Crippen LogP contribution in [0.2, 0.25) is 0 Å². The number of hydrogen-bond acceptors (Lipinski definition) is 6. The molecule has 1 aliphatic heterocycles. The molecule has 2 heterocycles. The number of sulfonamides is 1. The molecule has 2 atom stereocenters. The summed E-state index contributed by atoms with van der Waals surface area (Å²) < 4.78 is 31.1. The molecule has 11 heteroatoms. The molecule has 1 saturated heterocycles. The van der Waals surface area contributed by atoms with Crippen LogP contribution in [0.5, 0.6) is 0 Å². The average Bonchev–Trinajstić information content (AvgIpc) is 3.58. The summed E-state index contributed by atoms with van der Waals surface area (Å²) in [5, 5.41) is 8.89. The molecule has 0 bridgehead atoms. The van der Waals surface area contributed by atoms with Crippen LogP contribution in [0, 0.1) is 27.7 Å². The first-order chi connectivity index (χ1) is 20.4. The Morgan fingerprint density at radius 3 is 2.44 bits per heavy atom. The van der Waals surface area contributed by atoms with Gasteiger partial charge in [-0.25, -0.2) is 17.8 Å². The molecule has 0 spiro atoms. The molecule has 3 aromatic carbocycles. The van der Waals surface area contributed by atoms with Gasteiger partial charge in [0, 0.05) is 35.8 Å². The number of hydrogen-bond donors (Lipinski definition) is 3. The van der Waals surface area contributed by atoms with Gasteiger partial charge in [-0.15, -0.1) is 0 Å². The van der Waals surface area contributed by atoms with Crippen molar-refractivity contribution in [1.29, 1.82) is 0 Å². The van der Waals surface area contributed by atoms with Gasteiger partial charge < -0.3 is 16.0 Å². The van der Waals surface area contributed by atoms with E-state index in [0.29, 0.717) is 35.7 Å².